The van der Waals surface area contributed by atoms with Crippen LogP contribution in [0.4, 0.5) is 21.6 Å². The van der Waals surface area contributed by atoms with Crippen LogP contribution in [0.2, 0.25) is 0 Å². The molecule has 0 saturated carbocycles. The summed E-state index contributed by atoms with van der Waals surface area (Å²) in [7, 11) is 0. The molecular formula is C14H13BrFN3O2. The van der Waals surface area contributed by atoms with Crippen molar-refractivity contribution in [3.05, 3.63) is 46.3 Å². The Morgan fingerprint density at radius 1 is 1.48 bits per heavy atom. The molecule has 0 saturated heterocycles. The van der Waals surface area contributed by atoms with E-state index in [9.17, 15) is 9.18 Å². The maximum absolute atomic E-state index is 13.1. The topological polar surface area (TPSA) is 77.2 Å². The van der Waals surface area contributed by atoms with Gasteiger partial charge in [-0.05, 0) is 47.1 Å². The van der Waals surface area contributed by atoms with Crippen LogP contribution in [0.25, 0.3) is 0 Å². The fraction of sp³-hybridized carbons (Fsp3) is 0.143. The van der Waals surface area contributed by atoms with Gasteiger partial charge in [0, 0.05) is 4.47 Å². The Bertz CT molecular complexity index is 679. The molecule has 1 aromatic heterocycles. The van der Waals surface area contributed by atoms with Crippen molar-refractivity contribution >= 4 is 39.1 Å². The number of aromatic nitrogens is 1. The van der Waals surface area contributed by atoms with E-state index in [0.29, 0.717) is 15.8 Å². The highest BCUT2D eigenvalue weighted by Gasteiger charge is 2.15. The van der Waals surface area contributed by atoms with Crippen molar-refractivity contribution in [2.75, 3.05) is 17.7 Å². The zero-order valence-electron chi connectivity index (χ0n) is 11.2. The molecule has 0 aliphatic carbocycles. The van der Waals surface area contributed by atoms with E-state index in [1.54, 1.807) is 6.92 Å². The van der Waals surface area contributed by atoms with Crippen molar-refractivity contribution in [2.45, 2.75) is 6.92 Å². The lowest BCUT2D eigenvalue weighted by Gasteiger charge is -2.12. The quantitative estimate of drug-likeness (QED) is 0.822. The molecule has 7 heteroatoms. The molecule has 1 heterocycles. The number of hydrogen-bond donors (Lipinski definition) is 2. The second kappa shape index (κ2) is 6.53. The lowest BCUT2D eigenvalue weighted by molar-refractivity contribution is 0.0527. The van der Waals surface area contributed by atoms with E-state index in [-0.39, 0.29) is 23.8 Å². The van der Waals surface area contributed by atoms with Crippen molar-refractivity contribution in [1.82, 2.24) is 4.98 Å². The van der Waals surface area contributed by atoms with Crippen molar-refractivity contribution in [2.24, 2.45) is 0 Å². The summed E-state index contributed by atoms with van der Waals surface area (Å²) in [6.45, 7) is 1.95. The Hall–Kier alpha value is -2.15. The number of nitrogens with two attached hydrogens (primary N) is 1. The minimum atomic E-state index is -0.530. The normalized spacial score (nSPS) is 10.2. The maximum Gasteiger partial charge on any atom is 0.341 e. The second-order valence-corrected chi connectivity index (χ2v) is 4.99. The molecule has 0 aliphatic heterocycles. The van der Waals surface area contributed by atoms with Gasteiger partial charge in [-0.25, -0.2) is 14.2 Å². The van der Waals surface area contributed by atoms with Gasteiger partial charge in [0.1, 0.15) is 17.2 Å². The molecule has 0 bridgehead atoms. The summed E-state index contributed by atoms with van der Waals surface area (Å²) in [6, 6.07) is 5.62. The van der Waals surface area contributed by atoms with Gasteiger partial charge in [0.2, 0.25) is 0 Å². The molecule has 21 heavy (non-hydrogen) atoms. The molecule has 2 rings (SSSR count). The number of nitrogens with zero attached hydrogens (tertiary/aromatic N) is 1. The molecule has 110 valence electrons. The first-order valence-electron chi connectivity index (χ1n) is 6.16. The summed E-state index contributed by atoms with van der Waals surface area (Å²) in [5, 5.41) is 2.95. The van der Waals surface area contributed by atoms with Crippen LogP contribution in [0.5, 0.6) is 0 Å². The average Bonchev–Trinajstić information content (AvgIpc) is 2.43. The SMILES string of the molecule is CCOC(=O)c1cc(N)cnc1Nc1ccc(F)cc1Br. The van der Waals surface area contributed by atoms with Gasteiger partial charge in [-0.2, -0.15) is 0 Å². The largest absolute Gasteiger partial charge is 0.462 e. The number of benzene rings is 1. The first-order valence-corrected chi connectivity index (χ1v) is 6.95. The average molecular weight is 354 g/mol. The van der Waals surface area contributed by atoms with E-state index >= 15 is 0 Å². The highest BCUT2D eigenvalue weighted by Crippen LogP contribution is 2.28. The van der Waals surface area contributed by atoms with Crippen LogP contribution in [-0.4, -0.2) is 17.6 Å². The van der Waals surface area contributed by atoms with Crippen LogP contribution >= 0.6 is 15.9 Å². The Morgan fingerprint density at radius 2 is 2.24 bits per heavy atom. The van der Waals surface area contributed by atoms with Crippen molar-refractivity contribution in [3.63, 3.8) is 0 Å². The Labute approximate surface area is 129 Å². The molecule has 2 aromatic rings. The number of rotatable bonds is 4. The number of nitrogen functional groups attached to an aromatic ring is 1. The van der Waals surface area contributed by atoms with E-state index in [2.05, 4.69) is 26.2 Å². The van der Waals surface area contributed by atoms with Crippen LogP contribution < -0.4 is 11.1 Å². The zero-order chi connectivity index (χ0) is 15.4. The highest BCUT2D eigenvalue weighted by molar-refractivity contribution is 9.10. The van der Waals surface area contributed by atoms with Crippen LogP contribution in [0.15, 0.2) is 34.9 Å². The number of hydrogen-bond acceptors (Lipinski definition) is 5. The molecule has 0 amide bonds. The molecule has 1 aromatic carbocycles. The molecule has 0 fully saturated rings. The summed E-state index contributed by atoms with van der Waals surface area (Å²) in [5.74, 6) is -0.615. The summed E-state index contributed by atoms with van der Waals surface area (Å²) < 4.78 is 18.6. The second-order valence-electron chi connectivity index (χ2n) is 4.13. The lowest BCUT2D eigenvalue weighted by Crippen LogP contribution is -2.10. The van der Waals surface area contributed by atoms with Crippen LogP contribution in [0, 0.1) is 5.82 Å². The fourth-order valence-corrected chi connectivity index (χ4v) is 2.11. The lowest BCUT2D eigenvalue weighted by atomic mass is 10.2. The van der Waals surface area contributed by atoms with Gasteiger partial charge >= 0.3 is 5.97 Å². The van der Waals surface area contributed by atoms with Gasteiger partial charge in [0.25, 0.3) is 0 Å². The minimum Gasteiger partial charge on any atom is -0.462 e. The standard InChI is InChI=1S/C14H13BrFN3O2/c1-2-21-14(20)10-6-9(17)7-18-13(10)19-12-4-3-8(16)5-11(12)15/h3-7H,2,17H2,1H3,(H,18,19). The molecule has 3 N–H and O–H groups in total. The van der Waals surface area contributed by atoms with E-state index in [1.807, 2.05) is 0 Å². The number of halogens is 2. The van der Waals surface area contributed by atoms with E-state index in [1.165, 1.54) is 30.5 Å². The number of ether oxygens (including phenoxy) is 1. The molecule has 0 spiro atoms. The molecule has 0 aliphatic rings. The maximum atomic E-state index is 13.1. The van der Waals surface area contributed by atoms with Gasteiger partial charge < -0.3 is 15.8 Å². The molecule has 0 unspecified atom stereocenters. The predicted octanol–water partition coefficient (Wildman–Crippen LogP) is 3.49. The number of esters is 1. The molecule has 5 nitrogen and oxygen atoms in total. The third-order valence-corrected chi connectivity index (χ3v) is 3.24. The fourth-order valence-electron chi connectivity index (χ4n) is 1.66. The third kappa shape index (κ3) is 3.69. The van der Waals surface area contributed by atoms with Gasteiger partial charge in [-0.15, -0.1) is 0 Å². The number of anilines is 3. The van der Waals surface area contributed by atoms with Crippen molar-refractivity contribution in [1.29, 1.82) is 0 Å². The number of carbonyl (C=O) groups is 1. The van der Waals surface area contributed by atoms with Crippen LogP contribution in [0.3, 0.4) is 0 Å². The smallest absolute Gasteiger partial charge is 0.341 e. The number of pyridine rings is 1. The highest BCUT2D eigenvalue weighted by atomic mass is 79.9. The van der Waals surface area contributed by atoms with Gasteiger partial charge in [-0.1, -0.05) is 0 Å². The summed E-state index contributed by atoms with van der Waals surface area (Å²) in [4.78, 5) is 16.0. The van der Waals surface area contributed by atoms with Crippen molar-refractivity contribution < 1.29 is 13.9 Å². The minimum absolute atomic E-state index is 0.216. The third-order valence-electron chi connectivity index (χ3n) is 2.59. The first kappa shape index (κ1) is 15.2. The van der Waals surface area contributed by atoms with E-state index in [0.717, 1.165) is 0 Å². The summed E-state index contributed by atoms with van der Waals surface area (Å²) >= 11 is 3.24. The van der Waals surface area contributed by atoms with Gasteiger partial charge in [0.15, 0.2) is 0 Å². The molecule has 0 atom stereocenters. The Kier molecular flexibility index (Phi) is 4.74. The summed E-state index contributed by atoms with van der Waals surface area (Å²) in [6.07, 6.45) is 1.42. The Morgan fingerprint density at radius 3 is 2.90 bits per heavy atom. The van der Waals surface area contributed by atoms with E-state index in [4.69, 9.17) is 10.5 Å². The van der Waals surface area contributed by atoms with Crippen LogP contribution in [0.1, 0.15) is 17.3 Å². The number of nitrogens with one attached hydrogen (secondary N) is 1. The van der Waals surface area contributed by atoms with Gasteiger partial charge in [-0.3, -0.25) is 0 Å². The molecule has 0 radical (unpaired) electrons. The summed E-state index contributed by atoms with van der Waals surface area (Å²) in [5.41, 5.74) is 6.78. The van der Waals surface area contributed by atoms with Gasteiger partial charge in [0.05, 0.1) is 24.2 Å². The number of carbonyl (C=O) groups excluding carboxylic acids is 1. The molecular weight excluding hydrogens is 341 g/mol. The monoisotopic (exact) mass is 353 g/mol. The first-order chi connectivity index (χ1) is 10.0. The zero-order valence-corrected chi connectivity index (χ0v) is 12.8. The van der Waals surface area contributed by atoms with Crippen LogP contribution in [-0.2, 0) is 4.74 Å². The van der Waals surface area contributed by atoms with Crippen molar-refractivity contribution in [3.8, 4) is 0 Å². The van der Waals surface area contributed by atoms with E-state index < -0.39 is 5.97 Å². The Balaban J connectivity index is 2.37. The predicted molar refractivity (Wildman–Crippen MR) is 82.0 cm³/mol.